The fourth-order valence-corrected chi connectivity index (χ4v) is 3.70. The molecule has 0 aliphatic heterocycles. The third kappa shape index (κ3) is 4.65. The van der Waals surface area contributed by atoms with Crippen molar-refractivity contribution >= 4 is 34.1 Å². The van der Waals surface area contributed by atoms with E-state index in [1.54, 1.807) is 6.07 Å². The fraction of sp³-hybridized carbons (Fsp3) is 0.167. The van der Waals surface area contributed by atoms with Crippen LogP contribution < -0.4 is 5.32 Å². The zero-order valence-corrected chi connectivity index (χ0v) is 15.6. The van der Waals surface area contributed by atoms with Crippen LogP contribution in [0.1, 0.15) is 17.0 Å². The normalized spacial score (nSPS) is 10.3. The Balaban J connectivity index is 1.63. The summed E-state index contributed by atoms with van der Waals surface area (Å²) in [4.78, 5) is 16.6. The van der Waals surface area contributed by atoms with E-state index in [0.29, 0.717) is 27.9 Å². The number of anilines is 1. The Bertz CT molecular complexity index is 950. The van der Waals surface area contributed by atoms with E-state index in [0.717, 1.165) is 16.3 Å². The number of nitrogens with one attached hydrogen (secondary N) is 1. The van der Waals surface area contributed by atoms with Crippen molar-refractivity contribution in [2.24, 2.45) is 0 Å². The van der Waals surface area contributed by atoms with E-state index in [-0.39, 0.29) is 5.91 Å². The number of benzene rings is 1. The van der Waals surface area contributed by atoms with Gasteiger partial charge in [-0.15, -0.1) is 22.0 Å². The van der Waals surface area contributed by atoms with Crippen molar-refractivity contribution in [1.29, 1.82) is 5.26 Å². The molecule has 8 heteroatoms. The highest BCUT2D eigenvalue weighted by molar-refractivity contribution is 7.99. The number of carbonyl (C=O) groups is 1. The van der Waals surface area contributed by atoms with Crippen LogP contribution in [-0.4, -0.2) is 26.8 Å². The number of hydrogen-bond donors (Lipinski definition) is 1. The van der Waals surface area contributed by atoms with Gasteiger partial charge in [0.15, 0.2) is 0 Å². The molecule has 0 spiro atoms. The number of hydrogen-bond acceptors (Lipinski definition) is 7. The lowest BCUT2D eigenvalue weighted by atomic mass is 10.1. The minimum absolute atomic E-state index is 0.133. The summed E-state index contributed by atoms with van der Waals surface area (Å²) in [7, 11) is 0. The molecule has 3 aromatic rings. The van der Waals surface area contributed by atoms with Gasteiger partial charge in [0.25, 0.3) is 0 Å². The van der Waals surface area contributed by atoms with Gasteiger partial charge in [0.1, 0.15) is 16.1 Å². The summed E-state index contributed by atoms with van der Waals surface area (Å²) in [6.07, 6.45) is 0.297. The smallest absolute Gasteiger partial charge is 0.227 e. The van der Waals surface area contributed by atoms with Crippen LogP contribution in [0.5, 0.6) is 0 Å². The predicted molar refractivity (Wildman–Crippen MR) is 103 cm³/mol. The highest BCUT2D eigenvalue weighted by Gasteiger charge is 2.10. The van der Waals surface area contributed by atoms with E-state index in [4.69, 9.17) is 0 Å². The predicted octanol–water partition coefficient (Wildman–Crippen LogP) is 3.90. The lowest BCUT2D eigenvalue weighted by Crippen LogP contribution is -2.12. The van der Waals surface area contributed by atoms with Crippen molar-refractivity contribution in [3.63, 3.8) is 0 Å². The molecule has 0 fully saturated rings. The van der Waals surface area contributed by atoms with Crippen molar-refractivity contribution in [2.45, 2.75) is 18.4 Å². The number of amides is 1. The summed E-state index contributed by atoms with van der Waals surface area (Å²) in [6.45, 7) is 1.83. The monoisotopic (exact) mass is 381 g/mol. The number of thioether (sulfide) groups is 1. The molecule has 0 aliphatic rings. The molecule has 3 rings (SSSR count). The number of carbonyl (C=O) groups excluding carboxylic acids is 1. The fourth-order valence-electron chi connectivity index (χ4n) is 2.17. The molecule has 0 saturated carbocycles. The Morgan fingerprint density at radius 3 is 2.73 bits per heavy atom. The third-order valence-electron chi connectivity index (χ3n) is 3.39. The first-order valence-corrected chi connectivity index (χ1v) is 9.65. The Morgan fingerprint density at radius 1 is 1.23 bits per heavy atom. The summed E-state index contributed by atoms with van der Waals surface area (Å²) in [6, 6.07) is 15.5. The molecule has 0 atom stereocenters. The highest BCUT2D eigenvalue weighted by atomic mass is 32.2. The summed E-state index contributed by atoms with van der Waals surface area (Å²) < 4.78 is 0. The molecule has 6 nitrogen and oxygen atoms in total. The zero-order chi connectivity index (χ0) is 18.4. The molecule has 0 radical (unpaired) electrons. The lowest BCUT2D eigenvalue weighted by molar-refractivity contribution is -0.115. The van der Waals surface area contributed by atoms with Crippen LogP contribution in [0.15, 0.2) is 47.5 Å². The summed E-state index contributed by atoms with van der Waals surface area (Å²) in [5.74, 6) is 0.384. The van der Waals surface area contributed by atoms with Crippen molar-refractivity contribution in [1.82, 2.24) is 15.2 Å². The SMILES string of the molecule is Cc1nnc(NC(=O)CCSc2nc(-c3ccccc3)ccc2C#N)s1. The minimum Gasteiger partial charge on any atom is -0.301 e. The first-order valence-electron chi connectivity index (χ1n) is 7.85. The third-order valence-corrected chi connectivity index (χ3v) is 5.14. The van der Waals surface area contributed by atoms with Gasteiger partial charge in [-0.25, -0.2) is 4.98 Å². The maximum Gasteiger partial charge on any atom is 0.227 e. The quantitative estimate of drug-likeness (QED) is 0.651. The number of nitrogens with zero attached hydrogens (tertiary/aromatic N) is 4. The van der Waals surface area contributed by atoms with Crippen LogP contribution in [-0.2, 0) is 4.79 Å². The lowest BCUT2D eigenvalue weighted by Gasteiger charge is -2.07. The Labute approximate surface area is 159 Å². The summed E-state index contributed by atoms with van der Waals surface area (Å²) in [5.41, 5.74) is 2.30. The Hall–Kier alpha value is -2.76. The summed E-state index contributed by atoms with van der Waals surface area (Å²) in [5, 5.41) is 21.7. The Kier molecular flexibility index (Phi) is 5.94. The average molecular weight is 381 g/mol. The number of pyridine rings is 1. The van der Waals surface area contributed by atoms with Crippen LogP contribution in [0.3, 0.4) is 0 Å². The van der Waals surface area contributed by atoms with Gasteiger partial charge in [0.2, 0.25) is 11.0 Å². The number of aryl methyl sites for hydroxylation is 1. The van der Waals surface area contributed by atoms with Gasteiger partial charge in [0.05, 0.1) is 11.3 Å². The number of aromatic nitrogens is 3. The van der Waals surface area contributed by atoms with Crippen LogP contribution in [0.25, 0.3) is 11.3 Å². The highest BCUT2D eigenvalue weighted by Crippen LogP contribution is 2.25. The van der Waals surface area contributed by atoms with Crippen LogP contribution in [0.4, 0.5) is 5.13 Å². The van der Waals surface area contributed by atoms with Crippen LogP contribution in [0.2, 0.25) is 0 Å². The molecule has 0 saturated heterocycles. The van der Waals surface area contributed by atoms with Gasteiger partial charge in [-0.05, 0) is 19.1 Å². The molecular weight excluding hydrogens is 366 g/mol. The molecule has 1 N–H and O–H groups in total. The van der Waals surface area contributed by atoms with Crippen molar-refractivity contribution < 1.29 is 4.79 Å². The van der Waals surface area contributed by atoms with Gasteiger partial charge in [-0.2, -0.15) is 5.26 Å². The van der Waals surface area contributed by atoms with Gasteiger partial charge in [-0.1, -0.05) is 41.7 Å². The first kappa shape index (κ1) is 18.0. The molecule has 2 heterocycles. The molecule has 2 aromatic heterocycles. The number of rotatable bonds is 6. The molecule has 1 aromatic carbocycles. The second kappa shape index (κ2) is 8.56. The van der Waals surface area contributed by atoms with Crippen molar-refractivity contribution in [2.75, 3.05) is 11.1 Å². The molecule has 0 unspecified atom stereocenters. The first-order chi connectivity index (χ1) is 12.7. The van der Waals surface area contributed by atoms with Gasteiger partial charge < -0.3 is 5.32 Å². The molecule has 1 amide bonds. The zero-order valence-electron chi connectivity index (χ0n) is 14.0. The largest absolute Gasteiger partial charge is 0.301 e. The number of nitriles is 1. The molecule has 130 valence electrons. The van der Waals surface area contributed by atoms with Crippen LogP contribution in [0, 0.1) is 18.3 Å². The van der Waals surface area contributed by atoms with Crippen molar-refractivity contribution in [3.05, 3.63) is 53.0 Å². The summed E-state index contributed by atoms with van der Waals surface area (Å²) >= 11 is 2.73. The van der Waals surface area contributed by atoms with Gasteiger partial charge in [-0.3, -0.25) is 4.79 Å². The topological polar surface area (TPSA) is 91.6 Å². The molecular formula is C18H15N5OS2. The van der Waals surface area contributed by atoms with Crippen molar-refractivity contribution in [3.8, 4) is 17.3 Å². The maximum absolute atomic E-state index is 12.0. The average Bonchev–Trinajstić information content (AvgIpc) is 3.07. The van der Waals surface area contributed by atoms with Gasteiger partial charge in [0, 0.05) is 17.7 Å². The van der Waals surface area contributed by atoms with E-state index in [1.807, 2.05) is 43.3 Å². The van der Waals surface area contributed by atoms with E-state index in [2.05, 4.69) is 26.6 Å². The maximum atomic E-state index is 12.0. The van der Waals surface area contributed by atoms with Crippen LogP contribution >= 0.6 is 23.1 Å². The van der Waals surface area contributed by atoms with E-state index < -0.39 is 0 Å². The molecule has 0 bridgehead atoms. The van der Waals surface area contributed by atoms with E-state index >= 15 is 0 Å². The standard InChI is InChI=1S/C18H15N5OS2/c1-12-22-23-18(26-12)21-16(24)9-10-25-17-14(11-19)7-8-15(20-17)13-5-3-2-4-6-13/h2-8H,9-10H2,1H3,(H,21,23,24). The van der Waals surface area contributed by atoms with E-state index in [1.165, 1.54) is 23.1 Å². The minimum atomic E-state index is -0.133. The van der Waals surface area contributed by atoms with E-state index in [9.17, 15) is 10.1 Å². The second-order valence-electron chi connectivity index (χ2n) is 5.30. The molecule has 26 heavy (non-hydrogen) atoms. The second-order valence-corrected chi connectivity index (χ2v) is 7.57. The molecule has 0 aliphatic carbocycles. The Morgan fingerprint density at radius 2 is 2.04 bits per heavy atom. The van der Waals surface area contributed by atoms with Gasteiger partial charge >= 0.3 is 0 Å².